The molecule has 0 spiro atoms. The molecule has 8 heteroatoms. The standard InChI is InChI=1S/C15H13ClN4O3/c16-11-4-6-12(7-5-11)23-10-8-17-14-15(20(21)22)19-9-2-1-3-13(19)18-14/h1-7,9,17H,8,10H2. The largest absolute Gasteiger partial charge is 0.492 e. The topological polar surface area (TPSA) is 81.7 Å². The molecule has 0 fully saturated rings. The van der Waals surface area contributed by atoms with Gasteiger partial charge in [0, 0.05) is 11.1 Å². The van der Waals surface area contributed by atoms with Crippen LogP contribution >= 0.6 is 11.6 Å². The number of nitrogens with one attached hydrogen (secondary N) is 1. The molecule has 0 radical (unpaired) electrons. The molecule has 0 saturated heterocycles. The summed E-state index contributed by atoms with van der Waals surface area (Å²) in [5, 5.41) is 14.8. The third-order valence-corrected chi connectivity index (χ3v) is 3.41. The second kappa shape index (κ2) is 6.53. The Kier molecular flexibility index (Phi) is 4.29. The quantitative estimate of drug-likeness (QED) is 0.425. The molecular formula is C15H13ClN4O3. The number of fused-ring (bicyclic) bond motifs is 1. The summed E-state index contributed by atoms with van der Waals surface area (Å²) in [7, 11) is 0. The molecule has 2 aromatic heterocycles. The summed E-state index contributed by atoms with van der Waals surface area (Å²) in [6, 6.07) is 12.2. The summed E-state index contributed by atoms with van der Waals surface area (Å²) in [4.78, 5) is 15.0. The Balaban J connectivity index is 1.66. The van der Waals surface area contributed by atoms with E-state index < -0.39 is 4.92 Å². The highest BCUT2D eigenvalue weighted by Gasteiger charge is 2.21. The van der Waals surface area contributed by atoms with Gasteiger partial charge in [0.05, 0.1) is 12.7 Å². The Morgan fingerprint density at radius 2 is 2.04 bits per heavy atom. The highest BCUT2D eigenvalue weighted by molar-refractivity contribution is 6.30. The molecule has 0 bridgehead atoms. The zero-order chi connectivity index (χ0) is 16.2. The van der Waals surface area contributed by atoms with Crippen molar-refractivity contribution in [2.45, 2.75) is 0 Å². The Hall–Kier alpha value is -2.80. The Labute approximate surface area is 136 Å². The number of ether oxygens (including phenoxy) is 1. The van der Waals surface area contributed by atoms with Crippen LogP contribution < -0.4 is 10.1 Å². The molecule has 0 aliphatic rings. The van der Waals surface area contributed by atoms with Crippen LogP contribution in [0.3, 0.4) is 0 Å². The number of imidazole rings is 1. The molecule has 0 atom stereocenters. The lowest BCUT2D eigenvalue weighted by molar-refractivity contribution is -0.389. The Morgan fingerprint density at radius 1 is 1.26 bits per heavy atom. The van der Waals surface area contributed by atoms with E-state index >= 15 is 0 Å². The number of hydrogen-bond donors (Lipinski definition) is 1. The molecule has 3 rings (SSSR count). The molecule has 0 unspecified atom stereocenters. The fourth-order valence-corrected chi connectivity index (χ4v) is 2.27. The van der Waals surface area contributed by atoms with Crippen molar-refractivity contribution in [1.29, 1.82) is 0 Å². The molecule has 1 aromatic carbocycles. The molecule has 0 aliphatic carbocycles. The second-order valence-corrected chi connectivity index (χ2v) is 5.14. The minimum Gasteiger partial charge on any atom is -0.492 e. The maximum absolute atomic E-state index is 11.2. The third kappa shape index (κ3) is 3.35. The van der Waals surface area contributed by atoms with Gasteiger partial charge in [-0.25, -0.2) is 0 Å². The molecule has 0 amide bonds. The summed E-state index contributed by atoms with van der Waals surface area (Å²) < 4.78 is 6.96. The third-order valence-electron chi connectivity index (χ3n) is 3.15. The van der Waals surface area contributed by atoms with Crippen molar-refractivity contribution in [3.8, 4) is 5.75 Å². The van der Waals surface area contributed by atoms with Crippen molar-refractivity contribution in [2.75, 3.05) is 18.5 Å². The van der Waals surface area contributed by atoms with Crippen LogP contribution in [0.5, 0.6) is 5.75 Å². The second-order valence-electron chi connectivity index (χ2n) is 4.70. The van der Waals surface area contributed by atoms with Crippen molar-refractivity contribution >= 4 is 28.9 Å². The average Bonchev–Trinajstić information content (AvgIpc) is 2.91. The monoisotopic (exact) mass is 332 g/mol. The molecule has 0 aliphatic heterocycles. The number of benzene rings is 1. The predicted molar refractivity (Wildman–Crippen MR) is 87.3 cm³/mol. The number of rotatable bonds is 6. The summed E-state index contributed by atoms with van der Waals surface area (Å²) >= 11 is 5.80. The minimum atomic E-state index is -0.456. The molecule has 3 aromatic rings. The smallest absolute Gasteiger partial charge is 0.372 e. The molecule has 2 heterocycles. The first-order chi connectivity index (χ1) is 11.1. The number of nitro groups is 1. The van der Waals surface area contributed by atoms with Crippen LogP contribution in [0, 0.1) is 10.1 Å². The van der Waals surface area contributed by atoms with Crippen molar-refractivity contribution < 1.29 is 9.66 Å². The zero-order valence-electron chi connectivity index (χ0n) is 12.0. The summed E-state index contributed by atoms with van der Waals surface area (Å²) in [6.07, 6.45) is 1.61. The Morgan fingerprint density at radius 3 is 2.78 bits per heavy atom. The molecular weight excluding hydrogens is 320 g/mol. The maximum Gasteiger partial charge on any atom is 0.372 e. The normalized spacial score (nSPS) is 10.7. The van der Waals surface area contributed by atoms with Gasteiger partial charge in [-0.3, -0.25) is 0 Å². The fourth-order valence-electron chi connectivity index (χ4n) is 2.15. The van der Waals surface area contributed by atoms with Gasteiger partial charge in [-0.1, -0.05) is 17.7 Å². The number of aromatic nitrogens is 2. The average molecular weight is 333 g/mol. The number of anilines is 1. The van der Waals surface area contributed by atoms with E-state index in [1.165, 1.54) is 4.40 Å². The van der Waals surface area contributed by atoms with Crippen molar-refractivity contribution in [3.05, 3.63) is 63.8 Å². The number of halogens is 1. The van der Waals surface area contributed by atoms with E-state index in [0.29, 0.717) is 29.6 Å². The van der Waals surface area contributed by atoms with Crippen LogP contribution in [0.4, 0.5) is 11.6 Å². The van der Waals surface area contributed by atoms with E-state index in [4.69, 9.17) is 16.3 Å². The van der Waals surface area contributed by atoms with Crippen LogP contribution in [-0.4, -0.2) is 27.5 Å². The lowest BCUT2D eigenvalue weighted by atomic mass is 10.3. The molecule has 23 heavy (non-hydrogen) atoms. The maximum atomic E-state index is 11.2. The van der Waals surface area contributed by atoms with Crippen LogP contribution in [0.15, 0.2) is 48.7 Å². The van der Waals surface area contributed by atoms with E-state index in [-0.39, 0.29) is 11.6 Å². The van der Waals surface area contributed by atoms with Gasteiger partial charge in [0.15, 0.2) is 0 Å². The van der Waals surface area contributed by atoms with Gasteiger partial charge in [0.2, 0.25) is 11.5 Å². The lowest BCUT2D eigenvalue weighted by Gasteiger charge is -2.07. The van der Waals surface area contributed by atoms with Gasteiger partial charge >= 0.3 is 5.82 Å². The summed E-state index contributed by atoms with van der Waals surface area (Å²) in [6.45, 7) is 0.722. The first kappa shape index (κ1) is 15.1. The summed E-state index contributed by atoms with van der Waals surface area (Å²) in [5.74, 6) is 0.814. The van der Waals surface area contributed by atoms with Crippen LogP contribution in [0.1, 0.15) is 0 Å². The molecule has 1 N–H and O–H groups in total. The van der Waals surface area contributed by atoms with E-state index in [9.17, 15) is 10.1 Å². The SMILES string of the molecule is O=[N+]([O-])c1c(NCCOc2ccc(Cl)cc2)nc2ccccn12. The van der Waals surface area contributed by atoms with Gasteiger partial charge in [0.1, 0.15) is 12.4 Å². The minimum absolute atomic E-state index is 0.0907. The van der Waals surface area contributed by atoms with Crippen molar-refractivity contribution in [3.63, 3.8) is 0 Å². The van der Waals surface area contributed by atoms with Gasteiger partial charge in [-0.05, 0) is 35.3 Å². The highest BCUT2D eigenvalue weighted by atomic mass is 35.5. The van der Waals surface area contributed by atoms with Crippen LogP contribution in [-0.2, 0) is 0 Å². The van der Waals surface area contributed by atoms with Gasteiger partial charge in [-0.15, -0.1) is 0 Å². The highest BCUT2D eigenvalue weighted by Crippen LogP contribution is 2.25. The van der Waals surface area contributed by atoms with E-state index in [1.807, 2.05) is 0 Å². The fraction of sp³-hybridized carbons (Fsp3) is 0.133. The zero-order valence-corrected chi connectivity index (χ0v) is 12.7. The van der Waals surface area contributed by atoms with Crippen molar-refractivity contribution in [2.24, 2.45) is 0 Å². The van der Waals surface area contributed by atoms with Crippen molar-refractivity contribution in [1.82, 2.24) is 9.38 Å². The molecule has 0 saturated carbocycles. The summed E-state index contributed by atoms with van der Waals surface area (Å²) in [5.41, 5.74) is 0.514. The van der Waals surface area contributed by atoms with Crippen LogP contribution in [0.25, 0.3) is 5.65 Å². The van der Waals surface area contributed by atoms with E-state index in [0.717, 1.165) is 0 Å². The van der Waals surface area contributed by atoms with Crippen LogP contribution in [0.2, 0.25) is 5.02 Å². The number of pyridine rings is 1. The van der Waals surface area contributed by atoms with E-state index in [1.54, 1.807) is 48.7 Å². The predicted octanol–water partition coefficient (Wildman–Crippen LogP) is 3.39. The molecule has 118 valence electrons. The lowest BCUT2D eigenvalue weighted by Crippen LogP contribution is -2.12. The molecule has 7 nitrogen and oxygen atoms in total. The first-order valence-electron chi connectivity index (χ1n) is 6.89. The Bertz CT molecular complexity index is 832. The first-order valence-corrected chi connectivity index (χ1v) is 7.26. The van der Waals surface area contributed by atoms with Gasteiger partial charge in [-0.2, -0.15) is 9.38 Å². The number of hydrogen-bond acceptors (Lipinski definition) is 5. The number of nitrogens with zero attached hydrogens (tertiary/aromatic N) is 3. The van der Waals surface area contributed by atoms with Gasteiger partial charge in [0.25, 0.3) is 0 Å². The van der Waals surface area contributed by atoms with Gasteiger partial charge < -0.3 is 20.2 Å². The van der Waals surface area contributed by atoms with E-state index in [2.05, 4.69) is 10.3 Å².